The van der Waals surface area contributed by atoms with Crippen LogP contribution in [-0.4, -0.2) is 29.1 Å². The average molecular weight is 234 g/mol. The number of carbonyl (C=O) groups is 1. The summed E-state index contributed by atoms with van der Waals surface area (Å²) in [5.41, 5.74) is 0.118. The molecule has 0 spiro atoms. The fourth-order valence-electron chi connectivity index (χ4n) is 1.90. The lowest BCUT2D eigenvalue weighted by Gasteiger charge is -2.22. The van der Waals surface area contributed by atoms with Crippen molar-refractivity contribution in [1.82, 2.24) is 4.98 Å². The molecule has 0 radical (unpaired) electrons. The van der Waals surface area contributed by atoms with Crippen LogP contribution in [0, 0.1) is 5.92 Å². The lowest BCUT2D eigenvalue weighted by atomic mass is 10.2. The van der Waals surface area contributed by atoms with Gasteiger partial charge in [0.2, 0.25) is 0 Å². The van der Waals surface area contributed by atoms with Crippen molar-refractivity contribution < 1.29 is 9.90 Å². The molecule has 1 aliphatic carbocycles. The number of hydrogen-bond acceptors (Lipinski definition) is 3. The van der Waals surface area contributed by atoms with E-state index in [2.05, 4.69) is 16.8 Å². The smallest absolute Gasteiger partial charge is 0.354 e. The molecule has 0 saturated heterocycles. The van der Waals surface area contributed by atoms with E-state index in [1.54, 1.807) is 6.07 Å². The number of rotatable bonds is 6. The molecule has 1 fully saturated rings. The van der Waals surface area contributed by atoms with Crippen molar-refractivity contribution in [1.29, 1.82) is 0 Å². The van der Waals surface area contributed by atoms with Crippen LogP contribution in [0.5, 0.6) is 0 Å². The Bertz CT molecular complexity index is 402. The Morgan fingerprint density at radius 3 is 2.88 bits per heavy atom. The van der Waals surface area contributed by atoms with E-state index in [-0.39, 0.29) is 5.69 Å². The first-order valence-corrected chi connectivity index (χ1v) is 6.16. The molecule has 92 valence electrons. The summed E-state index contributed by atoms with van der Waals surface area (Å²) in [5, 5.41) is 8.91. The van der Waals surface area contributed by atoms with Gasteiger partial charge >= 0.3 is 5.97 Å². The van der Waals surface area contributed by atoms with Crippen LogP contribution < -0.4 is 4.90 Å². The minimum Gasteiger partial charge on any atom is -0.477 e. The Hall–Kier alpha value is -1.58. The van der Waals surface area contributed by atoms with Gasteiger partial charge in [-0.15, -0.1) is 0 Å². The Morgan fingerprint density at radius 1 is 1.53 bits per heavy atom. The van der Waals surface area contributed by atoms with E-state index in [4.69, 9.17) is 5.11 Å². The van der Waals surface area contributed by atoms with Gasteiger partial charge in [0.15, 0.2) is 5.69 Å². The highest BCUT2D eigenvalue weighted by Crippen LogP contribution is 2.32. The molecule has 0 amide bonds. The number of aromatic carboxylic acids is 1. The lowest BCUT2D eigenvalue weighted by molar-refractivity contribution is 0.0690. The van der Waals surface area contributed by atoms with E-state index in [1.807, 2.05) is 6.07 Å². The maximum absolute atomic E-state index is 10.9. The van der Waals surface area contributed by atoms with E-state index in [0.717, 1.165) is 24.8 Å². The zero-order valence-corrected chi connectivity index (χ0v) is 10.1. The van der Waals surface area contributed by atoms with Gasteiger partial charge < -0.3 is 10.0 Å². The van der Waals surface area contributed by atoms with Crippen LogP contribution >= 0.6 is 0 Å². The van der Waals surface area contributed by atoms with E-state index in [1.165, 1.54) is 25.3 Å². The third-order valence-corrected chi connectivity index (χ3v) is 3.16. The second kappa shape index (κ2) is 5.17. The molecule has 1 N–H and O–H groups in total. The molecule has 4 heteroatoms. The standard InChI is InChI=1S/C13H18N2O2/c1-2-15(9-8-10-6-7-10)12-5-3-4-11(14-12)13(16)17/h3-5,10H,2,6-9H2,1H3,(H,16,17). The molecule has 0 bridgehead atoms. The second-order valence-electron chi connectivity index (χ2n) is 4.50. The molecule has 4 nitrogen and oxygen atoms in total. The fraction of sp³-hybridized carbons (Fsp3) is 0.538. The predicted octanol–water partition coefficient (Wildman–Crippen LogP) is 2.41. The van der Waals surface area contributed by atoms with Crippen molar-refractivity contribution >= 4 is 11.8 Å². The summed E-state index contributed by atoms with van der Waals surface area (Å²) in [5.74, 6) is 0.685. The summed E-state index contributed by atoms with van der Waals surface area (Å²) >= 11 is 0. The van der Waals surface area contributed by atoms with Crippen LogP contribution in [0.2, 0.25) is 0 Å². The van der Waals surface area contributed by atoms with Crippen molar-refractivity contribution in [3.63, 3.8) is 0 Å². The Balaban J connectivity index is 2.05. The third kappa shape index (κ3) is 3.19. The van der Waals surface area contributed by atoms with Crippen LogP contribution in [0.1, 0.15) is 36.7 Å². The first-order chi connectivity index (χ1) is 8.20. The van der Waals surface area contributed by atoms with Crippen molar-refractivity contribution in [3.8, 4) is 0 Å². The van der Waals surface area contributed by atoms with E-state index in [9.17, 15) is 4.79 Å². The molecule has 1 aliphatic rings. The van der Waals surface area contributed by atoms with Crippen LogP contribution in [0.3, 0.4) is 0 Å². The number of carboxylic acids is 1. The number of anilines is 1. The Kier molecular flexibility index (Phi) is 3.61. The summed E-state index contributed by atoms with van der Waals surface area (Å²) in [6.45, 7) is 3.90. The number of pyridine rings is 1. The van der Waals surface area contributed by atoms with Crippen molar-refractivity contribution in [2.24, 2.45) is 5.92 Å². The van der Waals surface area contributed by atoms with E-state index < -0.39 is 5.97 Å². The van der Waals surface area contributed by atoms with Gasteiger partial charge in [-0.05, 0) is 31.4 Å². The highest BCUT2D eigenvalue weighted by Gasteiger charge is 2.22. The quantitative estimate of drug-likeness (QED) is 0.821. The Morgan fingerprint density at radius 2 is 2.29 bits per heavy atom. The summed E-state index contributed by atoms with van der Waals surface area (Å²) in [4.78, 5) is 17.2. The minimum atomic E-state index is -0.968. The first-order valence-electron chi connectivity index (χ1n) is 6.16. The van der Waals surface area contributed by atoms with Gasteiger partial charge in [0.05, 0.1) is 0 Å². The number of hydrogen-bond donors (Lipinski definition) is 1. The van der Waals surface area contributed by atoms with Crippen LogP contribution in [0.4, 0.5) is 5.82 Å². The predicted molar refractivity (Wildman–Crippen MR) is 66.4 cm³/mol. The molecule has 1 aromatic heterocycles. The highest BCUT2D eigenvalue weighted by molar-refractivity contribution is 5.85. The zero-order chi connectivity index (χ0) is 12.3. The van der Waals surface area contributed by atoms with E-state index in [0.29, 0.717) is 0 Å². The lowest BCUT2D eigenvalue weighted by Crippen LogP contribution is -2.25. The monoisotopic (exact) mass is 234 g/mol. The van der Waals surface area contributed by atoms with Crippen molar-refractivity contribution in [2.75, 3.05) is 18.0 Å². The molecule has 0 atom stereocenters. The molecule has 1 aromatic rings. The number of nitrogens with zero attached hydrogens (tertiary/aromatic N) is 2. The topological polar surface area (TPSA) is 53.4 Å². The molecule has 0 aromatic carbocycles. The van der Waals surface area contributed by atoms with Gasteiger partial charge in [0, 0.05) is 13.1 Å². The first kappa shape index (κ1) is 11.9. The maximum atomic E-state index is 10.9. The molecule has 1 heterocycles. The fourth-order valence-corrected chi connectivity index (χ4v) is 1.90. The molecule has 1 saturated carbocycles. The average Bonchev–Trinajstić information content (AvgIpc) is 3.14. The van der Waals surface area contributed by atoms with Crippen LogP contribution in [0.15, 0.2) is 18.2 Å². The SMILES string of the molecule is CCN(CCC1CC1)c1cccc(C(=O)O)n1. The molecule has 0 aliphatic heterocycles. The Labute approximate surface area is 101 Å². The summed E-state index contributed by atoms with van der Waals surface area (Å²) in [6.07, 6.45) is 3.88. The van der Waals surface area contributed by atoms with Gasteiger partial charge in [-0.1, -0.05) is 18.9 Å². The van der Waals surface area contributed by atoms with E-state index >= 15 is 0 Å². The van der Waals surface area contributed by atoms with Gasteiger partial charge in [0.1, 0.15) is 5.82 Å². The molecule has 0 unspecified atom stereocenters. The summed E-state index contributed by atoms with van der Waals surface area (Å²) < 4.78 is 0. The highest BCUT2D eigenvalue weighted by atomic mass is 16.4. The van der Waals surface area contributed by atoms with Crippen LogP contribution in [-0.2, 0) is 0 Å². The van der Waals surface area contributed by atoms with Gasteiger partial charge in [-0.2, -0.15) is 0 Å². The molecule has 17 heavy (non-hydrogen) atoms. The summed E-state index contributed by atoms with van der Waals surface area (Å²) in [7, 11) is 0. The maximum Gasteiger partial charge on any atom is 0.354 e. The van der Waals surface area contributed by atoms with Gasteiger partial charge in [-0.3, -0.25) is 0 Å². The third-order valence-electron chi connectivity index (χ3n) is 3.16. The zero-order valence-electron chi connectivity index (χ0n) is 10.1. The molecule has 2 rings (SSSR count). The van der Waals surface area contributed by atoms with Crippen LogP contribution in [0.25, 0.3) is 0 Å². The largest absolute Gasteiger partial charge is 0.477 e. The van der Waals surface area contributed by atoms with Crippen molar-refractivity contribution in [2.45, 2.75) is 26.2 Å². The molecular formula is C13H18N2O2. The number of aromatic nitrogens is 1. The normalized spacial score (nSPS) is 14.6. The summed E-state index contributed by atoms with van der Waals surface area (Å²) in [6, 6.07) is 5.16. The number of carboxylic acid groups (broad SMARTS) is 1. The minimum absolute atomic E-state index is 0.118. The van der Waals surface area contributed by atoms with Crippen molar-refractivity contribution in [3.05, 3.63) is 23.9 Å². The second-order valence-corrected chi connectivity index (χ2v) is 4.50. The van der Waals surface area contributed by atoms with Gasteiger partial charge in [0.25, 0.3) is 0 Å². The van der Waals surface area contributed by atoms with Gasteiger partial charge in [-0.25, -0.2) is 9.78 Å². The molecular weight excluding hydrogens is 216 g/mol.